The number of halogens is 1. The molecule has 4 rings (SSSR count). The summed E-state index contributed by atoms with van der Waals surface area (Å²) in [5.74, 6) is -0.273. The van der Waals surface area contributed by atoms with Gasteiger partial charge in [0.25, 0.3) is 11.8 Å². The molecule has 2 aromatic rings. The third-order valence-electron chi connectivity index (χ3n) is 6.63. The smallest absolute Gasteiger partial charge is 0.253 e. The third-order valence-corrected chi connectivity index (χ3v) is 6.63. The summed E-state index contributed by atoms with van der Waals surface area (Å²) in [7, 11) is 0. The molecule has 1 N–H and O–H groups in total. The van der Waals surface area contributed by atoms with Crippen molar-refractivity contribution in [3.05, 3.63) is 59.4 Å². The number of hydrogen-bond donors (Lipinski definition) is 1. The number of fused-ring (bicyclic) bond motifs is 1. The summed E-state index contributed by atoms with van der Waals surface area (Å²) in [6, 6.07) is 9.84. The van der Waals surface area contributed by atoms with Crippen molar-refractivity contribution in [2.75, 3.05) is 33.0 Å². The lowest BCUT2D eigenvalue weighted by atomic mass is 9.87. The van der Waals surface area contributed by atoms with Gasteiger partial charge in [0.1, 0.15) is 11.9 Å². The quantitative estimate of drug-likeness (QED) is 0.654. The second-order valence-electron chi connectivity index (χ2n) is 8.67. The van der Waals surface area contributed by atoms with Crippen molar-refractivity contribution in [2.45, 2.75) is 32.7 Å². The van der Waals surface area contributed by atoms with Crippen LogP contribution in [0.5, 0.6) is 11.5 Å². The Morgan fingerprint density at radius 2 is 1.74 bits per heavy atom. The van der Waals surface area contributed by atoms with Crippen LogP contribution in [0, 0.1) is 11.7 Å². The maximum absolute atomic E-state index is 13.6. The third kappa shape index (κ3) is 5.39. The summed E-state index contributed by atoms with van der Waals surface area (Å²) in [5.41, 5.74) is 0.681. The van der Waals surface area contributed by atoms with Gasteiger partial charge in [0.15, 0.2) is 11.5 Å². The van der Waals surface area contributed by atoms with E-state index < -0.39 is 11.9 Å². The molecule has 1 fully saturated rings. The summed E-state index contributed by atoms with van der Waals surface area (Å²) in [6.45, 7) is 5.81. The fraction of sp³-hybridized carbons (Fsp3) is 0.423. The highest BCUT2D eigenvalue weighted by molar-refractivity contribution is 5.98. The first-order valence-corrected chi connectivity index (χ1v) is 11.9. The van der Waals surface area contributed by atoms with Crippen LogP contribution in [0.2, 0.25) is 0 Å². The minimum atomic E-state index is -0.723. The molecule has 1 saturated heterocycles. The average Bonchev–Trinajstić information content (AvgIpc) is 3.35. The van der Waals surface area contributed by atoms with E-state index in [1.807, 2.05) is 13.8 Å². The summed E-state index contributed by atoms with van der Waals surface area (Å²) in [6.07, 6.45) is 1.08. The van der Waals surface area contributed by atoms with Gasteiger partial charge in [0, 0.05) is 37.3 Å². The summed E-state index contributed by atoms with van der Waals surface area (Å²) >= 11 is 0. The predicted octanol–water partition coefficient (Wildman–Crippen LogP) is 3.07. The molecule has 35 heavy (non-hydrogen) atoms. The summed E-state index contributed by atoms with van der Waals surface area (Å²) in [5, 5.41) is 2.95. The molecular formula is C26H30FN3O5. The normalized spacial score (nSPS) is 16.0. The molecule has 0 radical (unpaired) electrons. The second kappa shape index (κ2) is 10.8. The van der Waals surface area contributed by atoms with Crippen molar-refractivity contribution >= 4 is 17.7 Å². The van der Waals surface area contributed by atoms with Crippen LogP contribution in [0.4, 0.5) is 4.39 Å². The number of ether oxygens (including phenoxy) is 2. The van der Waals surface area contributed by atoms with Gasteiger partial charge in [0.2, 0.25) is 12.7 Å². The summed E-state index contributed by atoms with van der Waals surface area (Å²) in [4.78, 5) is 42.7. The standard InChI is InChI=1S/C26H30FN3O5/c1-3-29(4-2)26(33)23(28-24(31)18-8-9-21-22(15-18)35-16-34-21)17-10-12-30(13-11-17)25(32)19-6-5-7-20(27)14-19/h5-9,14-15,17,23H,3-4,10-13,16H2,1-2H3,(H,28,31)/t23-/m0/s1. The first kappa shape index (κ1) is 24.5. The van der Waals surface area contributed by atoms with Crippen molar-refractivity contribution in [3.8, 4) is 11.5 Å². The molecule has 0 aromatic heterocycles. The molecule has 0 bridgehead atoms. The molecule has 0 saturated carbocycles. The van der Waals surface area contributed by atoms with Crippen LogP contribution in [0.3, 0.4) is 0 Å². The number of hydrogen-bond acceptors (Lipinski definition) is 5. The van der Waals surface area contributed by atoms with Gasteiger partial charge < -0.3 is 24.6 Å². The number of carbonyl (C=O) groups is 3. The Balaban J connectivity index is 1.47. The van der Waals surface area contributed by atoms with E-state index in [2.05, 4.69) is 5.32 Å². The fourth-order valence-electron chi connectivity index (χ4n) is 4.62. The molecule has 1 atom stereocenters. The van der Waals surface area contributed by atoms with Crippen LogP contribution < -0.4 is 14.8 Å². The minimum Gasteiger partial charge on any atom is -0.454 e. The lowest BCUT2D eigenvalue weighted by Crippen LogP contribution is -2.54. The van der Waals surface area contributed by atoms with E-state index in [0.717, 1.165) is 0 Å². The molecule has 2 aliphatic rings. The number of likely N-dealkylation sites (tertiary alicyclic amines) is 1. The number of amides is 3. The van der Waals surface area contributed by atoms with E-state index in [9.17, 15) is 18.8 Å². The summed E-state index contributed by atoms with van der Waals surface area (Å²) < 4.78 is 24.2. The molecule has 2 aromatic carbocycles. The van der Waals surface area contributed by atoms with E-state index >= 15 is 0 Å². The highest BCUT2D eigenvalue weighted by Gasteiger charge is 2.36. The van der Waals surface area contributed by atoms with Crippen LogP contribution in [-0.2, 0) is 4.79 Å². The molecule has 0 unspecified atom stereocenters. The fourth-order valence-corrected chi connectivity index (χ4v) is 4.62. The molecule has 8 nitrogen and oxygen atoms in total. The van der Waals surface area contributed by atoms with Crippen LogP contribution in [0.15, 0.2) is 42.5 Å². The van der Waals surface area contributed by atoms with E-state index in [1.165, 1.54) is 18.2 Å². The number of piperidine rings is 1. The number of likely N-dealkylation sites (N-methyl/N-ethyl adjacent to an activating group) is 1. The van der Waals surface area contributed by atoms with E-state index in [-0.39, 0.29) is 30.4 Å². The SMILES string of the molecule is CCN(CC)C(=O)[C@@H](NC(=O)c1ccc2c(c1)OCO2)C1CCN(C(=O)c2cccc(F)c2)CC1. The number of nitrogens with one attached hydrogen (secondary N) is 1. The lowest BCUT2D eigenvalue weighted by molar-refractivity contribution is -0.134. The van der Waals surface area contributed by atoms with Crippen molar-refractivity contribution in [1.82, 2.24) is 15.1 Å². The Labute approximate surface area is 204 Å². The zero-order valence-corrected chi connectivity index (χ0v) is 20.0. The van der Waals surface area contributed by atoms with Gasteiger partial charge in [-0.1, -0.05) is 6.07 Å². The van der Waals surface area contributed by atoms with Crippen LogP contribution in [-0.4, -0.2) is 66.5 Å². The molecule has 9 heteroatoms. The number of rotatable bonds is 7. The number of benzene rings is 2. The van der Waals surface area contributed by atoms with Gasteiger partial charge in [-0.3, -0.25) is 14.4 Å². The lowest BCUT2D eigenvalue weighted by Gasteiger charge is -2.37. The van der Waals surface area contributed by atoms with Crippen molar-refractivity contribution in [1.29, 1.82) is 0 Å². The van der Waals surface area contributed by atoms with Crippen molar-refractivity contribution in [2.24, 2.45) is 5.92 Å². The van der Waals surface area contributed by atoms with E-state index in [0.29, 0.717) is 61.6 Å². The molecular weight excluding hydrogens is 453 g/mol. The average molecular weight is 484 g/mol. The van der Waals surface area contributed by atoms with E-state index in [4.69, 9.17) is 9.47 Å². The first-order valence-electron chi connectivity index (χ1n) is 11.9. The molecule has 0 spiro atoms. The van der Waals surface area contributed by atoms with Gasteiger partial charge in [-0.05, 0) is 69.0 Å². The molecule has 186 valence electrons. The minimum absolute atomic E-state index is 0.108. The number of nitrogens with zero attached hydrogens (tertiary/aromatic N) is 2. The zero-order valence-electron chi connectivity index (χ0n) is 20.0. The Bertz CT molecular complexity index is 1100. The predicted molar refractivity (Wildman–Crippen MR) is 127 cm³/mol. The highest BCUT2D eigenvalue weighted by Crippen LogP contribution is 2.32. The molecule has 0 aliphatic carbocycles. The van der Waals surface area contributed by atoms with Gasteiger partial charge in [-0.25, -0.2) is 4.39 Å². The Morgan fingerprint density at radius 3 is 2.43 bits per heavy atom. The largest absolute Gasteiger partial charge is 0.454 e. The maximum atomic E-state index is 13.6. The highest BCUT2D eigenvalue weighted by atomic mass is 19.1. The van der Waals surface area contributed by atoms with Gasteiger partial charge in [0.05, 0.1) is 0 Å². The maximum Gasteiger partial charge on any atom is 0.253 e. The van der Waals surface area contributed by atoms with Gasteiger partial charge in [-0.15, -0.1) is 0 Å². The Kier molecular flexibility index (Phi) is 7.53. The second-order valence-corrected chi connectivity index (χ2v) is 8.67. The van der Waals surface area contributed by atoms with E-state index in [1.54, 1.807) is 34.1 Å². The van der Waals surface area contributed by atoms with Crippen LogP contribution >= 0.6 is 0 Å². The van der Waals surface area contributed by atoms with Crippen molar-refractivity contribution in [3.63, 3.8) is 0 Å². The van der Waals surface area contributed by atoms with Crippen molar-refractivity contribution < 1.29 is 28.2 Å². The van der Waals surface area contributed by atoms with Crippen LogP contribution in [0.1, 0.15) is 47.4 Å². The first-order chi connectivity index (χ1) is 16.9. The Hall–Kier alpha value is -3.62. The van der Waals surface area contributed by atoms with Crippen LogP contribution in [0.25, 0.3) is 0 Å². The molecule has 3 amide bonds. The number of carbonyl (C=O) groups excluding carboxylic acids is 3. The monoisotopic (exact) mass is 483 g/mol. The zero-order chi connectivity index (χ0) is 24.9. The molecule has 2 aliphatic heterocycles. The Morgan fingerprint density at radius 1 is 1.03 bits per heavy atom. The molecule has 2 heterocycles. The van der Waals surface area contributed by atoms with Gasteiger partial charge in [-0.2, -0.15) is 0 Å². The van der Waals surface area contributed by atoms with Gasteiger partial charge >= 0.3 is 0 Å². The topological polar surface area (TPSA) is 88.2 Å².